The lowest BCUT2D eigenvalue weighted by Crippen LogP contribution is -2.15. The molecule has 1 aromatic carbocycles. The molecule has 3 nitrogen and oxygen atoms in total. The van der Waals surface area contributed by atoms with Gasteiger partial charge in [0.25, 0.3) is 0 Å². The van der Waals surface area contributed by atoms with Crippen LogP contribution in [0.25, 0.3) is 0 Å². The van der Waals surface area contributed by atoms with Crippen LogP contribution >= 0.6 is 11.6 Å². The third-order valence-corrected chi connectivity index (χ3v) is 2.83. The molecule has 0 fully saturated rings. The SMILES string of the molecule is Cc1cnc(Cl)c(NC(=O)Cc2ccc(F)cc2)c1. The number of rotatable bonds is 3. The van der Waals surface area contributed by atoms with Crippen LogP contribution in [0.2, 0.25) is 5.15 Å². The molecule has 2 rings (SSSR count). The van der Waals surface area contributed by atoms with Crippen molar-refractivity contribution in [3.63, 3.8) is 0 Å². The van der Waals surface area contributed by atoms with Gasteiger partial charge in [0, 0.05) is 6.20 Å². The lowest BCUT2D eigenvalue weighted by molar-refractivity contribution is -0.115. The minimum atomic E-state index is -0.324. The molecule has 98 valence electrons. The summed E-state index contributed by atoms with van der Waals surface area (Å²) in [5, 5.41) is 2.94. The summed E-state index contributed by atoms with van der Waals surface area (Å²) >= 11 is 5.89. The monoisotopic (exact) mass is 278 g/mol. The Morgan fingerprint density at radius 3 is 2.74 bits per heavy atom. The molecule has 1 amide bonds. The van der Waals surface area contributed by atoms with Gasteiger partial charge in [-0.1, -0.05) is 23.7 Å². The number of aromatic nitrogens is 1. The molecule has 2 aromatic rings. The van der Waals surface area contributed by atoms with Gasteiger partial charge in [0.1, 0.15) is 5.82 Å². The van der Waals surface area contributed by atoms with Gasteiger partial charge in [-0.15, -0.1) is 0 Å². The van der Waals surface area contributed by atoms with Crippen molar-refractivity contribution in [1.82, 2.24) is 4.98 Å². The maximum Gasteiger partial charge on any atom is 0.228 e. The number of hydrogen-bond donors (Lipinski definition) is 1. The van der Waals surface area contributed by atoms with E-state index in [0.29, 0.717) is 5.69 Å². The topological polar surface area (TPSA) is 42.0 Å². The summed E-state index contributed by atoms with van der Waals surface area (Å²) in [6, 6.07) is 7.54. The fraction of sp³-hybridized carbons (Fsp3) is 0.143. The number of anilines is 1. The van der Waals surface area contributed by atoms with E-state index in [1.54, 1.807) is 24.4 Å². The van der Waals surface area contributed by atoms with E-state index in [-0.39, 0.29) is 23.3 Å². The Morgan fingerprint density at radius 1 is 1.37 bits per heavy atom. The standard InChI is InChI=1S/C14H12ClFN2O/c1-9-6-12(14(15)17-8-9)18-13(19)7-10-2-4-11(16)5-3-10/h2-6,8H,7H2,1H3,(H,18,19). The van der Waals surface area contributed by atoms with Gasteiger partial charge in [0.15, 0.2) is 5.15 Å². The minimum Gasteiger partial charge on any atom is -0.323 e. The summed E-state index contributed by atoms with van der Waals surface area (Å²) in [7, 11) is 0. The summed E-state index contributed by atoms with van der Waals surface area (Å²) in [6.45, 7) is 1.86. The van der Waals surface area contributed by atoms with Crippen LogP contribution in [0.5, 0.6) is 0 Å². The lowest BCUT2D eigenvalue weighted by Gasteiger charge is -2.07. The second-order valence-corrected chi connectivity index (χ2v) is 4.56. The van der Waals surface area contributed by atoms with Crippen molar-refractivity contribution in [2.24, 2.45) is 0 Å². The zero-order valence-electron chi connectivity index (χ0n) is 10.3. The van der Waals surface area contributed by atoms with E-state index in [4.69, 9.17) is 11.6 Å². The highest BCUT2D eigenvalue weighted by molar-refractivity contribution is 6.32. The number of nitrogens with one attached hydrogen (secondary N) is 1. The molecular weight excluding hydrogens is 267 g/mol. The van der Waals surface area contributed by atoms with Crippen LogP contribution in [0, 0.1) is 12.7 Å². The van der Waals surface area contributed by atoms with E-state index in [2.05, 4.69) is 10.3 Å². The molecule has 0 aliphatic rings. The van der Waals surface area contributed by atoms with Gasteiger partial charge in [-0.2, -0.15) is 0 Å². The molecule has 19 heavy (non-hydrogen) atoms. The Balaban J connectivity index is 2.05. The van der Waals surface area contributed by atoms with E-state index in [1.165, 1.54) is 12.1 Å². The Bertz CT molecular complexity index is 599. The Labute approximate surface area is 115 Å². The van der Waals surface area contributed by atoms with Crippen LogP contribution in [0.15, 0.2) is 36.5 Å². The van der Waals surface area contributed by atoms with Crippen molar-refractivity contribution in [3.8, 4) is 0 Å². The van der Waals surface area contributed by atoms with Gasteiger partial charge in [-0.3, -0.25) is 4.79 Å². The number of carbonyl (C=O) groups excluding carboxylic acids is 1. The van der Waals surface area contributed by atoms with Gasteiger partial charge in [0.2, 0.25) is 5.91 Å². The normalized spacial score (nSPS) is 10.3. The third kappa shape index (κ3) is 3.76. The van der Waals surface area contributed by atoms with Gasteiger partial charge >= 0.3 is 0 Å². The highest BCUT2D eigenvalue weighted by Crippen LogP contribution is 2.20. The quantitative estimate of drug-likeness (QED) is 0.875. The molecule has 1 N–H and O–H groups in total. The first-order chi connectivity index (χ1) is 9.04. The Morgan fingerprint density at radius 2 is 2.05 bits per heavy atom. The Hall–Kier alpha value is -1.94. The summed E-state index contributed by atoms with van der Waals surface area (Å²) < 4.78 is 12.7. The van der Waals surface area contributed by atoms with Crippen LogP contribution in [-0.4, -0.2) is 10.9 Å². The van der Waals surface area contributed by atoms with E-state index >= 15 is 0 Å². The van der Waals surface area contributed by atoms with E-state index in [0.717, 1.165) is 11.1 Å². The second kappa shape index (κ2) is 5.80. The maximum absolute atomic E-state index is 12.7. The largest absolute Gasteiger partial charge is 0.323 e. The molecule has 5 heteroatoms. The molecule has 1 heterocycles. The first-order valence-corrected chi connectivity index (χ1v) is 6.09. The van der Waals surface area contributed by atoms with E-state index in [9.17, 15) is 9.18 Å². The van der Waals surface area contributed by atoms with E-state index in [1.807, 2.05) is 6.92 Å². The van der Waals surface area contributed by atoms with Gasteiger partial charge < -0.3 is 5.32 Å². The van der Waals surface area contributed by atoms with Crippen molar-refractivity contribution in [1.29, 1.82) is 0 Å². The first-order valence-electron chi connectivity index (χ1n) is 5.71. The second-order valence-electron chi connectivity index (χ2n) is 4.20. The summed E-state index contributed by atoms with van der Waals surface area (Å²) in [6.07, 6.45) is 1.78. The number of carbonyl (C=O) groups is 1. The highest BCUT2D eigenvalue weighted by Gasteiger charge is 2.08. The predicted molar refractivity (Wildman–Crippen MR) is 72.7 cm³/mol. The average Bonchev–Trinajstić information content (AvgIpc) is 2.37. The van der Waals surface area contributed by atoms with Crippen LogP contribution in [0.4, 0.5) is 10.1 Å². The number of nitrogens with zero attached hydrogens (tertiary/aromatic N) is 1. The fourth-order valence-corrected chi connectivity index (χ4v) is 1.77. The zero-order chi connectivity index (χ0) is 13.8. The summed E-state index contributed by atoms with van der Waals surface area (Å²) in [5.74, 6) is -0.545. The van der Waals surface area contributed by atoms with Crippen molar-refractivity contribution in [3.05, 3.63) is 58.6 Å². The lowest BCUT2D eigenvalue weighted by atomic mass is 10.1. The van der Waals surface area contributed by atoms with Gasteiger partial charge in [-0.25, -0.2) is 9.37 Å². The van der Waals surface area contributed by atoms with Crippen molar-refractivity contribution >= 4 is 23.2 Å². The van der Waals surface area contributed by atoms with Gasteiger partial charge in [0.05, 0.1) is 12.1 Å². The molecule has 0 radical (unpaired) electrons. The van der Waals surface area contributed by atoms with E-state index < -0.39 is 0 Å². The van der Waals surface area contributed by atoms with Crippen LogP contribution in [0.3, 0.4) is 0 Å². The highest BCUT2D eigenvalue weighted by atomic mass is 35.5. The summed E-state index contributed by atoms with van der Waals surface area (Å²) in [5.41, 5.74) is 2.12. The smallest absolute Gasteiger partial charge is 0.228 e. The number of pyridine rings is 1. The number of hydrogen-bond acceptors (Lipinski definition) is 2. The van der Waals surface area contributed by atoms with Crippen LogP contribution in [0.1, 0.15) is 11.1 Å². The average molecular weight is 279 g/mol. The predicted octanol–water partition coefficient (Wildman–Crippen LogP) is 3.36. The van der Waals surface area contributed by atoms with Gasteiger partial charge in [-0.05, 0) is 36.2 Å². The van der Waals surface area contributed by atoms with Crippen molar-refractivity contribution < 1.29 is 9.18 Å². The molecule has 0 saturated carbocycles. The molecule has 0 aliphatic carbocycles. The molecule has 0 unspecified atom stereocenters. The molecular formula is C14H12ClFN2O. The minimum absolute atomic E-state index is 0.157. The van der Waals surface area contributed by atoms with Crippen molar-refractivity contribution in [2.75, 3.05) is 5.32 Å². The number of benzene rings is 1. The first kappa shape index (κ1) is 13.5. The third-order valence-electron chi connectivity index (χ3n) is 2.53. The van der Waals surface area contributed by atoms with Crippen molar-refractivity contribution in [2.45, 2.75) is 13.3 Å². The molecule has 0 bridgehead atoms. The molecule has 0 atom stereocenters. The zero-order valence-corrected chi connectivity index (χ0v) is 11.0. The molecule has 0 aliphatic heterocycles. The fourth-order valence-electron chi connectivity index (χ4n) is 1.62. The molecule has 0 spiro atoms. The number of halogens is 2. The Kier molecular flexibility index (Phi) is 4.12. The summed E-state index contributed by atoms with van der Waals surface area (Å²) in [4.78, 5) is 15.8. The molecule has 0 saturated heterocycles. The number of aryl methyl sites for hydroxylation is 1. The number of amides is 1. The van der Waals surface area contributed by atoms with Crippen LogP contribution in [-0.2, 0) is 11.2 Å². The molecule has 1 aromatic heterocycles. The maximum atomic E-state index is 12.7. The van der Waals surface area contributed by atoms with Crippen LogP contribution < -0.4 is 5.32 Å².